The molecule has 0 spiro atoms. The highest BCUT2D eigenvalue weighted by molar-refractivity contribution is 6.33. The highest BCUT2D eigenvalue weighted by Crippen LogP contribution is 2.27. The number of benzene rings is 2. The lowest BCUT2D eigenvalue weighted by atomic mass is 9.87. The molecule has 30 heavy (non-hydrogen) atoms. The van der Waals surface area contributed by atoms with Gasteiger partial charge in [0.05, 0.1) is 28.5 Å². The zero-order valence-electron chi connectivity index (χ0n) is 16.0. The Morgan fingerprint density at radius 2 is 1.80 bits per heavy atom. The summed E-state index contributed by atoms with van der Waals surface area (Å²) in [6.45, 7) is 1.75. The van der Waals surface area contributed by atoms with Gasteiger partial charge in [0.25, 0.3) is 11.6 Å². The van der Waals surface area contributed by atoms with E-state index >= 15 is 0 Å². The predicted molar refractivity (Wildman–Crippen MR) is 109 cm³/mol. The molecule has 2 atom stereocenters. The van der Waals surface area contributed by atoms with Crippen molar-refractivity contribution in [2.45, 2.75) is 25.3 Å². The summed E-state index contributed by atoms with van der Waals surface area (Å²) in [5, 5.41) is 13.6. The van der Waals surface area contributed by atoms with E-state index in [4.69, 9.17) is 22.1 Å². The summed E-state index contributed by atoms with van der Waals surface area (Å²) in [5.74, 6) is -3.06. The van der Waals surface area contributed by atoms with Crippen LogP contribution in [0, 0.1) is 10.1 Å². The van der Waals surface area contributed by atoms with Crippen LogP contribution in [0.15, 0.2) is 48.5 Å². The molecule has 0 aliphatic heterocycles. The first kappa shape index (κ1) is 22.8. The summed E-state index contributed by atoms with van der Waals surface area (Å²) >= 11 is 6.04. The number of esters is 1. The van der Waals surface area contributed by atoms with Crippen LogP contribution in [0.5, 0.6) is 0 Å². The molecule has 10 heteroatoms. The van der Waals surface area contributed by atoms with E-state index in [1.807, 2.05) is 0 Å². The maximum absolute atomic E-state index is 12.7. The van der Waals surface area contributed by atoms with E-state index < -0.39 is 34.7 Å². The first-order valence-corrected chi connectivity index (χ1v) is 9.37. The molecule has 3 N–H and O–H groups in total. The Balaban J connectivity index is 2.39. The standard InChI is InChI=1S/C20H20ClN3O6/c1-2-30-17(25)11-15(12-7-9-13(10-8-12)24(28)29)18(19(22)26)23-20(27)14-5-3-4-6-16(14)21/h3-10,15,18H,2,11H2,1H3,(H2,22,26)(H,23,27)/t15-,18-/m1/s1. The zero-order chi connectivity index (χ0) is 22.3. The normalized spacial score (nSPS) is 12.5. The van der Waals surface area contributed by atoms with E-state index in [0.29, 0.717) is 5.56 Å². The summed E-state index contributed by atoms with van der Waals surface area (Å²) in [5.41, 5.74) is 5.89. The Hall–Kier alpha value is -3.46. The lowest BCUT2D eigenvalue weighted by molar-refractivity contribution is -0.384. The lowest BCUT2D eigenvalue weighted by Gasteiger charge is -2.25. The molecule has 2 rings (SSSR count). The molecule has 2 aromatic carbocycles. The van der Waals surface area contributed by atoms with Crippen LogP contribution in [0.4, 0.5) is 5.69 Å². The Bertz CT molecular complexity index is 948. The van der Waals surface area contributed by atoms with Gasteiger partial charge >= 0.3 is 5.97 Å². The van der Waals surface area contributed by atoms with Gasteiger partial charge in [-0.25, -0.2) is 0 Å². The number of nitrogens with zero attached hydrogens (tertiary/aromatic N) is 1. The van der Waals surface area contributed by atoms with Gasteiger partial charge in [-0.2, -0.15) is 0 Å². The molecule has 0 saturated carbocycles. The van der Waals surface area contributed by atoms with Crippen molar-refractivity contribution in [3.05, 3.63) is 74.8 Å². The number of nitrogens with two attached hydrogens (primary N) is 1. The van der Waals surface area contributed by atoms with Crippen LogP contribution in [-0.4, -0.2) is 35.4 Å². The first-order valence-electron chi connectivity index (χ1n) is 8.99. The average molecular weight is 434 g/mol. The number of amides is 2. The first-order chi connectivity index (χ1) is 14.2. The van der Waals surface area contributed by atoms with E-state index in [9.17, 15) is 24.5 Å². The molecular formula is C20H20ClN3O6. The van der Waals surface area contributed by atoms with Crippen molar-refractivity contribution in [2.24, 2.45) is 5.73 Å². The van der Waals surface area contributed by atoms with E-state index in [-0.39, 0.29) is 29.3 Å². The quantitative estimate of drug-likeness (QED) is 0.353. The maximum atomic E-state index is 12.7. The second-order valence-electron chi connectivity index (χ2n) is 6.30. The second-order valence-corrected chi connectivity index (χ2v) is 6.70. The van der Waals surface area contributed by atoms with Crippen LogP contribution in [0.25, 0.3) is 0 Å². The van der Waals surface area contributed by atoms with Crippen LogP contribution in [0.3, 0.4) is 0 Å². The maximum Gasteiger partial charge on any atom is 0.306 e. The minimum absolute atomic E-state index is 0.124. The van der Waals surface area contributed by atoms with Gasteiger partial charge in [0.2, 0.25) is 5.91 Å². The predicted octanol–water partition coefficient (Wildman–Crippen LogP) is 2.57. The van der Waals surface area contributed by atoms with Crippen molar-refractivity contribution in [2.75, 3.05) is 6.61 Å². The van der Waals surface area contributed by atoms with Gasteiger partial charge in [0.15, 0.2) is 0 Å². The van der Waals surface area contributed by atoms with Crippen molar-refractivity contribution in [3.63, 3.8) is 0 Å². The number of halogens is 1. The van der Waals surface area contributed by atoms with Crippen LogP contribution in [0.2, 0.25) is 5.02 Å². The van der Waals surface area contributed by atoms with Gasteiger partial charge in [0, 0.05) is 18.1 Å². The summed E-state index contributed by atoms with van der Waals surface area (Å²) < 4.78 is 4.96. The fourth-order valence-corrected chi connectivity index (χ4v) is 3.13. The molecule has 0 aliphatic carbocycles. The molecule has 2 aromatic rings. The molecule has 0 heterocycles. The minimum atomic E-state index is -1.29. The van der Waals surface area contributed by atoms with Crippen molar-refractivity contribution in [1.29, 1.82) is 0 Å². The van der Waals surface area contributed by atoms with E-state index in [2.05, 4.69) is 5.32 Å². The van der Waals surface area contributed by atoms with Crippen molar-refractivity contribution >= 4 is 35.1 Å². The van der Waals surface area contributed by atoms with Gasteiger partial charge in [-0.15, -0.1) is 0 Å². The van der Waals surface area contributed by atoms with Crippen molar-refractivity contribution < 1.29 is 24.0 Å². The highest BCUT2D eigenvalue weighted by Gasteiger charge is 2.32. The number of rotatable bonds is 9. The van der Waals surface area contributed by atoms with Crippen LogP contribution < -0.4 is 11.1 Å². The fraction of sp³-hybridized carbons (Fsp3) is 0.250. The molecule has 0 aromatic heterocycles. The van der Waals surface area contributed by atoms with Crippen molar-refractivity contribution in [3.8, 4) is 0 Å². The number of carbonyl (C=O) groups excluding carboxylic acids is 3. The minimum Gasteiger partial charge on any atom is -0.466 e. The summed E-state index contributed by atoms with van der Waals surface area (Å²) in [6.07, 6.45) is -0.276. The molecule has 0 bridgehead atoms. The molecule has 0 radical (unpaired) electrons. The number of primary amides is 1. The smallest absolute Gasteiger partial charge is 0.306 e. The molecule has 0 aliphatic rings. The number of hydrogen-bond acceptors (Lipinski definition) is 6. The third-order valence-electron chi connectivity index (χ3n) is 4.34. The number of nitrogens with one attached hydrogen (secondary N) is 1. The van der Waals surface area contributed by atoms with Crippen LogP contribution >= 0.6 is 11.6 Å². The third kappa shape index (κ3) is 5.77. The average Bonchev–Trinajstić information content (AvgIpc) is 2.70. The second kappa shape index (κ2) is 10.4. The number of nitro groups is 1. The highest BCUT2D eigenvalue weighted by atomic mass is 35.5. The molecule has 2 amide bonds. The van der Waals surface area contributed by atoms with E-state index in [1.54, 1.807) is 19.1 Å². The molecule has 9 nitrogen and oxygen atoms in total. The largest absolute Gasteiger partial charge is 0.466 e. The monoisotopic (exact) mass is 433 g/mol. The number of hydrogen-bond donors (Lipinski definition) is 2. The van der Waals surface area contributed by atoms with Gasteiger partial charge in [-0.05, 0) is 24.6 Å². The van der Waals surface area contributed by atoms with Gasteiger partial charge in [-0.1, -0.05) is 35.9 Å². The van der Waals surface area contributed by atoms with Gasteiger partial charge in [-0.3, -0.25) is 24.5 Å². The lowest BCUT2D eigenvalue weighted by Crippen LogP contribution is -2.48. The Labute approximate surface area is 177 Å². The van der Waals surface area contributed by atoms with Crippen molar-refractivity contribution in [1.82, 2.24) is 5.32 Å². The number of carbonyl (C=O) groups is 3. The fourth-order valence-electron chi connectivity index (χ4n) is 2.91. The van der Waals surface area contributed by atoms with Crippen LogP contribution in [0.1, 0.15) is 35.2 Å². The summed E-state index contributed by atoms with van der Waals surface area (Å²) in [7, 11) is 0. The number of nitro benzene ring substituents is 1. The topological polar surface area (TPSA) is 142 Å². The van der Waals surface area contributed by atoms with Gasteiger partial charge < -0.3 is 15.8 Å². The molecule has 158 valence electrons. The van der Waals surface area contributed by atoms with E-state index in [1.165, 1.54) is 36.4 Å². The Kier molecular flexibility index (Phi) is 7.88. The summed E-state index contributed by atoms with van der Waals surface area (Å²) in [6, 6.07) is 10.2. The number of ether oxygens (including phenoxy) is 1. The third-order valence-corrected chi connectivity index (χ3v) is 4.67. The van der Waals surface area contributed by atoms with Gasteiger partial charge in [0.1, 0.15) is 6.04 Å². The Morgan fingerprint density at radius 3 is 2.33 bits per heavy atom. The SMILES string of the molecule is CCOC(=O)C[C@H](c1ccc([N+](=O)[O-])cc1)[C@@H](NC(=O)c1ccccc1Cl)C(N)=O. The molecular weight excluding hydrogens is 414 g/mol. The molecule has 0 saturated heterocycles. The zero-order valence-corrected chi connectivity index (χ0v) is 16.8. The van der Waals surface area contributed by atoms with E-state index in [0.717, 1.165) is 0 Å². The summed E-state index contributed by atoms with van der Waals surface area (Å²) in [4.78, 5) is 47.3. The molecule has 0 unspecified atom stereocenters. The molecule has 0 fully saturated rings. The number of non-ortho nitro benzene ring substituents is 1. The van der Waals surface area contributed by atoms with Crippen LogP contribution in [-0.2, 0) is 14.3 Å². The Morgan fingerprint density at radius 1 is 1.17 bits per heavy atom.